The first-order chi connectivity index (χ1) is 14.1. The highest BCUT2D eigenvalue weighted by Crippen LogP contribution is 2.27. The molecule has 2 amide bonds. The fourth-order valence-electron chi connectivity index (χ4n) is 4.29. The van der Waals surface area contributed by atoms with Crippen molar-refractivity contribution in [3.8, 4) is 0 Å². The van der Waals surface area contributed by atoms with Crippen LogP contribution in [0, 0.1) is 5.92 Å². The molecule has 3 rings (SSSR count). The predicted molar refractivity (Wildman–Crippen MR) is 115 cm³/mol. The van der Waals surface area contributed by atoms with Gasteiger partial charge in [-0.15, -0.1) is 0 Å². The summed E-state index contributed by atoms with van der Waals surface area (Å²) >= 11 is 0. The van der Waals surface area contributed by atoms with E-state index >= 15 is 0 Å². The number of ether oxygens (including phenoxy) is 1. The Morgan fingerprint density at radius 3 is 2.47 bits per heavy atom. The maximum Gasteiger partial charge on any atom is 0.251 e. The number of nitrogens with zero attached hydrogens (tertiary/aromatic N) is 1. The molecular weight excluding hydrogens is 380 g/mol. The number of Topliss-reactive ketones (excluding diaryl/α,β-unsaturated/α-hetero) is 1. The first-order valence-electron chi connectivity index (χ1n) is 10.9. The third kappa shape index (κ3) is 4.91. The molecule has 2 fully saturated rings. The summed E-state index contributed by atoms with van der Waals surface area (Å²) in [7, 11) is 0. The summed E-state index contributed by atoms with van der Waals surface area (Å²) in [5.41, 5.74) is 1.68. The van der Waals surface area contributed by atoms with Crippen molar-refractivity contribution in [2.75, 3.05) is 13.2 Å². The third-order valence-electron chi connectivity index (χ3n) is 5.95. The molecule has 2 aliphatic rings. The Morgan fingerprint density at radius 1 is 1.20 bits per heavy atom. The van der Waals surface area contributed by atoms with Gasteiger partial charge in [-0.2, -0.15) is 0 Å². The van der Waals surface area contributed by atoms with Gasteiger partial charge < -0.3 is 15.0 Å². The van der Waals surface area contributed by atoms with Crippen molar-refractivity contribution in [2.45, 2.75) is 77.5 Å². The highest BCUT2D eigenvalue weighted by Gasteiger charge is 2.45. The summed E-state index contributed by atoms with van der Waals surface area (Å²) in [6.45, 7) is 11.0. The first kappa shape index (κ1) is 22.5. The zero-order valence-electron chi connectivity index (χ0n) is 18.7. The third-order valence-corrected chi connectivity index (χ3v) is 5.95. The van der Waals surface area contributed by atoms with Crippen molar-refractivity contribution in [1.82, 2.24) is 10.2 Å². The van der Waals surface area contributed by atoms with E-state index in [4.69, 9.17) is 4.74 Å². The van der Waals surface area contributed by atoms with Gasteiger partial charge in [0.1, 0.15) is 18.7 Å². The highest BCUT2D eigenvalue weighted by molar-refractivity contribution is 5.99. The van der Waals surface area contributed by atoms with Crippen LogP contribution in [0.25, 0.3) is 0 Å². The molecule has 0 aromatic heterocycles. The van der Waals surface area contributed by atoms with Crippen LogP contribution in [0.5, 0.6) is 0 Å². The topological polar surface area (TPSA) is 75.7 Å². The molecule has 6 heteroatoms. The number of ketones is 1. The Hall–Kier alpha value is -2.21. The van der Waals surface area contributed by atoms with E-state index in [0.29, 0.717) is 18.5 Å². The van der Waals surface area contributed by atoms with E-state index < -0.39 is 12.1 Å². The Balaban J connectivity index is 1.76. The Labute approximate surface area is 179 Å². The fourth-order valence-corrected chi connectivity index (χ4v) is 4.29. The van der Waals surface area contributed by atoms with Gasteiger partial charge in [0.2, 0.25) is 5.91 Å². The number of likely N-dealkylation sites (tertiary alicyclic amines) is 1. The SMILES string of the molecule is CC(C)C[C@H](NC(=O)c1ccc(C(C)(C)C)cc1)C(=O)N1CCC[C@H]2OCC(=O)[C@H]21. The zero-order chi connectivity index (χ0) is 22.1. The second-order valence-corrected chi connectivity index (χ2v) is 9.92. The van der Waals surface area contributed by atoms with Crippen LogP contribution in [0.4, 0.5) is 0 Å². The Kier molecular flexibility index (Phi) is 6.65. The van der Waals surface area contributed by atoms with E-state index in [1.54, 1.807) is 17.0 Å². The average molecular weight is 415 g/mol. The molecular formula is C24H34N2O4. The fraction of sp³-hybridized carbons (Fsp3) is 0.625. The molecule has 2 aliphatic heterocycles. The number of hydrogen-bond donors (Lipinski definition) is 1. The molecule has 2 heterocycles. The van der Waals surface area contributed by atoms with Crippen molar-refractivity contribution < 1.29 is 19.1 Å². The molecule has 1 N–H and O–H groups in total. The lowest BCUT2D eigenvalue weighted by atomic mass is 9.86. The van der Waals surface area contributed by atoms with E-state index in [9.17, 15) is 14.4 Å². The van der Waals surface area contributed by atoms with Gasteiger partial charge in [-0.3, -0.25) is 14.4 Å². The van der Waals surface area contributed by atoms with Crippen molar-refractivity contribution >= 4 is 17.6 Å². The maximum atomic E-state index is 13.4. The molecule has 164 valence electrons. The molecule has 0 saturated carbocycles. The summed E-state index contributed by atoms with van der Waals surface area (Å²) < 4.78 is 5.57. The van der Waals surface area contributed by atoms with E-state index in [2.05, 4.69) is 26.1 Å². The van der Waals surface area contributed by atoms with E-state index in [0.717, 1.165) is 18.4 Å². The maximum absolute atomic E-state index is 13.4. The Bertz CT molecular complexity index is 794. The summed E-state index contributed by atoms with van der Waals surface area (Å²) in [5.74, 6) is -0.270. The van der Waals surface area contributed by atoms with Gasteiger partial charge in [0.05, 0.1) is 6.10 Å². The van der Waals surface area contributed by atoms with Crippen molar-refractivity contribution in [2.24, 2.45) is 5.92 Å². The van der Waals surface area contributed by atoms with Gasteiger partial charge in [0, 0.05) is 12.1 Å². The van der Waals surface area contributed by atoms with Crippen LogP contribution in [0.3, 0.4) is 0 Å². The van der Waals surface area contributed by atoms with Crippen LogP contribution in [-0.2, 0) is 19.7 Å². The lowest BCUT2D eigenvalue weighted by Crippen LogP contribution is -2.58. The van der Waals surface area contributed by atoms with Crippen molar-refractivity contribution in [3.63, 3.8) is 0 Å². The number of fused-ring (bicyclic) bond motifs is 1. The molecule has 2 saturated heterocycles. The highest BCUT2D eigenvalue weighted by atomic mass is 16.5. The van der Waals surface area contributed by atoms with E-state index in [-0.39, 0.29) is 41.6 Å². The lowest BCUT2D eigenvalue weighted by molar-refractivity contribution is -0.142. The molecule has 3 atom stereocenters. The standard InChI is InChI=1S/C24H34N2O4/c1-15(2)13-18(23(29)26-12-6-7-20-21(26)19(27)14-30-20)25-22(28)16-8-10-17(11-9-16)24(3,4)5/h8-11,15,18,20-21H,6-7,12-14H2,1-5H3,(H,25,28)/t18-,20+,21+/m0/s1. The first-order valence-corrected chi connectivity index (χ1v) is 10.9. The van der Waals surface area contributed by atoms with E-state index in [1.807, 2.05) is 26.0 Å². The summed E-state index contributed by atoms with van der Waals surface area (Å²) in [6, 6.07) is 6.35. The molecule has 1 aromatic carbocycles. The van der Waals surface area contributed by atoms with Gasteiger partial charge in [0.25, 0.3) is 5.91 Å². The lowest BCUT2D eigenvalue weighted by Gasteiger charge is -2.37. The van der Waals surface area contributed by atoms with Gasteiger partial charge in [-0.25, -0.2) is 0 Å². The number of carbonyl (C=O) groups excluding carboxylic acids is 3. The monoisotopic (exact) mass is 414 g/mol. The number of nitrogens with one attached hydrogen (secondary N) is 1. The zero-order valence-corrected chi connectivity index (χ0v) is 18.7. The molecule has 0 unspecified atom stereocenters. The quantitative estimate of drug-likeness (QED) is 0.803. The van der Waals surface area contributed by atoms with Gasteiger partial charge in [-0.05, 0) is 48.3 Å². The molecule has 0 radical (unpaired) electrons. The van der Waals surface area contributed by atoms with Crippen LogP contribution < -0.4 is 5.32 Å². The number of amides is 2. The number of rotatable bonds is 5. The normalized spacial score (nSPS) is 22.7. The molecule has 30 heavy (non-hydrogen) atoms. The summed E-state index contributed by atoms with van der Waals surface area (Å²) in [5, 5.41) is 2.93. The number of benzene rings is 1. The van der Waals surface area contributed by atoms with Crippen LogP contribution in [-0.4, -0.2) is 53.8 Å². The minimum atomic E-state index is -0.660. The van der Waals surface area contributed by atoms with Crippen LogP contribution in [0.1, 0.15) is 69.8 Å². The van der Waals surface area contributed by atoms with Crippen LogP contribution in [0.15, 0.2) is 24.3 Å². The van der Waals surface area contributed by atoms with E-state index in [1.165, 1.54) is 0 Å². The second kappa shape index (κ2) is 8.88. The van der Waals surface area contributed by atoms with Crippen molar-refractivity contribution in [1.29, 1.82) is 0 Å². The molecule has 0 aliphatic carbocycles. The van der Waals surface area contributed by atoms with Crippen molar-refractivity contribution in [3.05, 3.63) is 35.4 Å². The molecule has 0 bridgehead atoms. The number of carbonyl (C=O) groups is 3. The number of piperidine rings is 1. The molecule has 0 spiro atoms. The summed E-state index contributed by atoms with van der Waals surface area (Å²) in [6.07, 6.45) is 1.90. The van der Waals surface area contributed by atoms with Crippen LogP contribution in [0.2, 0.25) is 0 Å². The van der Waals surface area contributed by atoms with Gasteiger partial charge in [0.15, 0.2) is 5.78 Å². The molecule has 6 nitrogen and oxygen atoms in total. The number of hydrogen-bond acceptors (Lipinski definition) is 4. The molecule has 1 aromatic rings. The van der Waals surface area contributed by atoms with Gasteiger partial charge >= 0.3 is 0 Å². The minimum Gasteiger partial charge on any atom is -0.368 e. The predicted octanol–water partition coefficient (Wildman–Crippen LogP) is 3.09. The summed E-state index contributed by atoms with van der Waals surface area (Å²) in [4.78, 5) is 40.2. The largest absolute Gasteiger partial charge is 0.368 e. The Morgan fingerprint density at radius 2 is 1.87 bits per heavy atom. The minimum absolute atomic E-state index is 0.00580. The second-order valence-electron chi connectivity index (χ2n) is 9.92. The smallest absolute Gasteiger partial charge is 0.251 e. The van der Waals surface area contributed by atoms with Crippen LogP contribution >= 0.6 is 0 Å². The average Bonchev–Trinajstić information content (AvgIpc) is 3.07. The van der Waals surface area contributed by atoms with Gasteiger partial charge in [-0.1, -0.05) is 46.8 Å².